The summed E-state index contributed by atoms with van der Waals surface area (Å²) in [5, 5.41) is 5.53. The van der Waals surface area contributed by atoms with Crippen molar-refractivity contribution in [3.63, 3.8) is 0 Å². The third kappa shape index (κ3) is 2.36. The lowest BCUT2D eigenvalue weighted by Gasteiger charge is -2.59. The third-order valence-corrected chi connectivity index (χ3v) is 6.30. The Balaban J connectivity index is 1.38. The summed E-state index contributed by atoms with van der Waals surface area (Å²) in [5.74, 6) is -1.86. The molecule has 0 radical (unpaired) electrons. The van der Waals surface area contributed by atoms with E-state index in [1.807, 2.05) is 6.07 Å². The number of carbonyl (C=O) groups excluding carboxylic acids is 4. The molecule has 1 aromatic rings. The van der Waals surface area contributed by atoms with Gasteiger partial charge in [-0.3, -0.25) is 34.3 Å². The van der Waals surface area contributed by atoms with Crippen LogP contribution in [0, 0.1) is 0 Å². The lowest BCUT2D eigenvalue weighted by atomic mass is 9.79. The number of likely N-dealkylation sites (tertiary alicyclic amines) is 1. The van der Waals surface area contributed by atoms with E-state index in [9.17, 15) is 19.2 Å². The zero-order valence-electron chi connectivity index (χ0n) is 14.8. The van der Waals surface area contributed by atoms with Crippen molar-refractivity contribution in [3.05, 3.63) is 34.9 Å². The molecule has 3 fully saturated rings. The van der Waals surface area contributed by atoms with Gasteiger partial charge in [0.1, 0.15) is 6.04 Å². The van der Waals surface area contributed by atoms with E-state index in [1.54, 1.807) is 12.1 Å². The molecule has 1 aromatic carbocycles. The zero-order chi connectivity index (χ0) is 18.8. The van der Waals surface area contributed by atoms with Crippen LogP contribution >= 0.6 is 0 Å². The molecule has 5 rings (SSSR count). The molecule has 27 heavy (non-hydrogen) atoms. The molecule has 0 bridgehead atoms. The smallest absolute Gasteiger partial charge is 0.262 e. The van der Waals surface area contributed by atoms with Crippen LogP contribution in [0.25, 0.3) is 0 Å². The molecule has 1 unspecified atom stereocenters. The molecular formula is C19H20N4O4. The number of hydrogen-bond donors (Lipinski definition) is 2. The molecule has 0 saturated carbocycles. The van der Waals surface area contributed by atoms with Gasteiger partial charge in [0.25, 0.3) is 11.8 Å². The molecule has 0 aromatic heterocycles. The summed E-state index contributed by atoms with van der Waals surface area (Å²) in [6.07, 6.45) is 1.48. The summed E-state index contributed by atoms with van der Waals surface area (Å²) >= 11 is 0. The SMILES string of the molecule is O=C1CCC(N2C(=O)c3ccc(CN4CCC45CNC5)cc3C2=O)C(=O)N1. The molecule has 4 aliphatic heterocycles. The zero-order valence-corrected chi connectivity index (χ0v) is 14.8. The Morgan fingerprint density at radius 2 is 1.85 bits per heavy atom. The molecule has 8 heteroatoms. The van der Waals surface area contributed by atoms with Crippen LogP contribution in [0.1, 0.15) is 45.5 Å². The number of imide groups is 2. The lowest BCUT2D eigenvalue weighted by molar-refractivity contribution is -0.136. The number of nitrogens with one attached hydrogen (secondary N) is 2. The van der Waals surface area contributed by atoms with Crippen LogP contribution in [-0.4, -0.2) is 64.6 Å². The van der Waals surface area contributed by atoms with Gasteiger partial charge >= 0.3 is 0 Å². The maximum absolute atomic E-state index is 12.9. The van der Waals surface area contributed by atoms with E-state index in [4.69, 9.17) is 0 Å². The Hall–Kier alpha value is -2.58. The highest BCUT2D eigenvalue weighted by Gasteiger charge is 2.49. The Labute approximate surface area is 155 Å². The number of rotatable bonds is 3. The maximum Gasteiger partial charge on any atom is 0.262 e. The fourth-order valence-corrected chi connectivity index (χ4v) is 4.48. The van der Waals surface area contributed by atoms with Crippen molar-refractivity contribution in [3.8, 4) is 0 Å². The highest BCUT2D eigenvalue weighted by molar-refractivity contribution is 6.23. The van der Waals surface area contributed by atoms with Crippen LogP contribution in [0.5, 0.6) is 0 Å². The van der Waals surface area contributed by atoms with E-state index in [0.717, 1.165) is 36.6 Å². The molecular weight excluding hydrogens is 348 g/mol. The summed E-state index contributed by atoms with van der Waals surface area (Å²) in [6.45, 7) is 3.78. The monoisotopic (exact) mass is 368 g/mol. The molecule has 4 amide bonds. The van der Waals surface area contributed by atoms with Gasteiger partial charge in [-0.2, -0.15) is 0 Å². The summed E-state index contributed by atoms with van der Waals surface area (Å²) < 4.78 is 0. The Bertz CT molecular complexity index is 886. The van der Waals surface area contributed by atoms with E-state index in [-0.39, 0.29) is 24.3 Å². The third-order valence-electron chi connectivity index (χ3n) is 6.30. The summed E-state index contributed by atoms with van der Waals surface area (Å²) in [6, 6.07) is 4.43. The van der Waals surface area contributed by atoms with Gasteiger partial charge < -0.3 is 5.32 Å². The first-order chi connectivity index (χ1) is 13.0. The van der Waals surface area contributed by atoms with Gasteiger partial charge in [0.15, 0.2) is 0 Å². The van der Waals surface area contributed by atoms with Gasteiger partial charge in [-0.05, 0) is 30.5 Å². The topological polar surface area (TPSA) is 98.8 Å². The fourth-order valence-electron chi connectivity index (χ4n) is 4.48. The second kappa shape index (κ2) is 5.71. The van der Waals surface area contributed by atoms with E-state index in [1.165, 1.54) is 6.42 Å². The number of carbonyl (C=O) groups is 4. The number of fused-ring (bicyclic) bond motifs is 1. The van der Waals surface area contributed by atoms with Crippen molar-refractivity contribution in [1.29, 1.82) is 0 Å². The first-order valence-electron chi connectivity index (χ1n) is 9.29. The molecule has 140 valence electrons. The van der Waals surface area contributed by atoms with Crippen molar-refractivity contribution in [2.75, 3.05) is 19.6 Å². The van der Waals surface area contributed by atoms with Crippen molar-refractivity contribution in [2.24, 2.45) is 0 Å². The molecule has 4 heterocycles. The van der Waals surface area contributed by atoms with E-state index in [0.29, 0.717) is 11.1 Å². The van der Waals surface area contributed by atoms with Crippen LogP contribution < -0.4 is 10.6 Å². The van der Waals surface area contributed by atoms with Crippen LogP contribution in [-0.2, 0) is 16.1 Å². The summed E-state index contributed by atoms with van der Waals surface area (Å²) in [7, 11) is 0. The van der Waals surface area contributed by atoms with E-state index >= 15 is 0 Å². The van der Waals surface area contributed by atoms with Crippen LogP contribution in [0.15, 0.2) is 18.2 Å². The Kier molecular flexibility index (Phi) is 3.50. The number of nitrogens with zero attached hydrogens (tertiary/aromatic N) is 2. The van der Waals surface area contributed by atoms with Gasteiger partial charge in [-0.25, -0.2) is 0 Å². The molecule has 1 atom stereocenters. The predicted octanol–water partition coefficient (Wildman–Crippen LogP) is -0.364. The van der Waals surface area contributed by atoms with E-state index < -0.39 is 23.8 Å². The highest BCUT2D eigenvalue weighted by Crippen LogP contribution is 2.36. The number of hydrogen-bond acceptors (Lipinski definition) is 6. The highest BCUT2D eigenvalue weighted by atomic mass is 16.2. The average Bonchev–Trinajstić information content (AvgIpc) is 2.82. The van der Waals surface area contributed by atoms with Crippen LogP contribution in [0.2, 0.25) is 0 Å². The standard InChI is InChI=1S/C19H20N4O4/c24-15-4-3-14(16(25)21-15)23-17(26)12-2-1-11(7-13(12)18(23)27)8-22-6-5-19(22)9-20-10-19/h1-2,7,14,20H,3-6,8-10H2,(H,21,24,25). The minimum Gasteiger partial charge on any atom is -0.313 e. The molecule has 1 spiro atoms. The van der Waals surface area contributed by atoms with Gasteiger partial charge in [0.2, 0.25) is 11.8 Å². The maximum atomic E-state index is 12.9. The normalized spacial score (nSPS) is 26.7. The van der Waals surface area contributed by atoms with Gasteiger partial charge in [0.05, 0.1) is 11.1 Å². The average molecular weight is 368 g/mol. The number of piperidine rings is 1. The van der Waals surface area contributed by atoms with Gasteiger partial charge in [-0.1, -0.05) is 6.07 Å². The van der Waals surface area contributed by atoms with Crippen LogP contribution in [0.3, 0.4) is 0 Å². The Morgan fingerprint density at radius 3 is 2.48 bits per heavy atom. The van der Waals surface area contributed by atoms with Crippen molar-refractivity contribution >= 4 is 23.6 Å². The van der Waals surface area contributed by atoms with Crippen LogP contribution in [0.4, 0.5) is 0 Å². The lowest BCUT2D eigenvalue weighted by Crippen LogP contribution is -2.75. The number of benzene rings is 1. The molecule has 2 N–H and O–H groups in total. The predicted molar refractivity (Wildman–Crippen MR) is 93.7 cm³/mol. The van der Waals surface area contributed by atoms with E-state index in [2.05, 4.69) is 15.5 Å². The van der Waals surface area contributed by atoms with Crippen molar-refractivity contribution in [1.82, 2.24) is 20.4 Å². The minimum absolute atomic E-state index is 0.125. The van der Waals surface area contributed by atoms with Gasteiger partial charge in [0, 0.05) is 38.1 Å². The largest absolute Gasteiger partial charge is 0.313 e. The first kappa shape index (κ1) is 16.6. The quantitative estimate of drug-likeness (QED) is 0.707. The minimum atomic E-state index is -0.918. The molecule has 3 saturated heterocycles. The second-order valence-corrected chi connectivity index (χ2v) is 7.83. The van der Waals surface area contributed by atoms with Gasteiger partial charge in [-0.15, -0.1) is 0 Å². The second-order valence-electron chi connectivity index (χ2n) is 7.83. The Morgan fingerprint density at radius 1 is 1.07 bits per heavy atom. The van der Waals surface area contributed by atoms with Crippen molar-refractivity contribution in [2.45, 2.75) is 37.4 Å². The van der Waals surface area contributed by atoms with Crippen molar-refractivity contribution < 1.29 is 19.2 Å². The molecule has 8 nitrogen and oxygen atoms in total. The number of amides is 4. The summed E-state index contributed by atoms with van der Waals surface area (Å²) in [4.78, 5) is 52.5. The fraction of sp³-hybridized carbons (Fsp3) is 0.474. The summed E-state index contributed by atoms with van der Waals surface area (Å²) in [5.41, 5.74) is 1.93. The molecule has 4 aliphatic rings. The first-order valence-corrected chi connectivity index (χ1v) is 9.29. The molecule has 0 aliphatic carbocycles.